The molecule has 0 heterocycles. The van der Waals surface area contributed by atoms with Gasteiger partial charge in [0.1, 0.15) is 12.1 Å². The molecule has 0 saturated heterocycles. The third kappa shape index (κ3) is 13.1. The van der Waals surface area contributed by atoms with Crippen LogP contribution in [0.5, 0.6) is 0 Å². The first-order chi connectivity index (χ1) is 16.9. The molecule has 0 bridgehead atoms. The van der Waals surface area contributed by atoms with E-state index in [4.69, 9.17) is 0 Å². The molecule has 1 saturated carbocycles. The van der Waals surface area contributed by atoms with Gasteiger partial charge in [0.05, 0.1) is 5.25 Å². The third-order valence-corrected chi connectivity index (χ3v) is 9.22. The van der Waals surface area contributed by atoms with Crippen molar-refractivity contribution >= 4 is 33.7 Å². The highest BCUT2D eigenvalue weighted by Gasteiger charge is 2.40. The summed E-state index contributed by atoms with van der Waals surface area (Å²) in [5, 5.41) is 11.7. The molecule has 1 aliphatic carbocycles. The SMILES string of the molecule is CCC(C)C(NS(=O)(=O)C1CC1)C(=O)NC(CSCC=C(C)CCC=C(C)CCC=C(C)C)C(=O)O. The Morgan fingerprint density at radius 1 is 1.03 bits per heavy atom. The highest BCUT2D eigenvalue weighted by Crippen LogP contribution is 2.28. The molecular formula is C27H46N2O5S2. The molecule has 0 spiro atoms. The molecule has 1 fully saturated rings. The van der Waals surface area contributed by atoms with E-state index >= 15 is 0 Å². The largest absolute Gasteiger partial charge is 0.480 e. The average Bonchev–Trinajstić information content (AvgIpc) is 3.64. The summed E-state index contributed by atoms with van der Waals surface area (Å²) >= 11 is 1.43. The van der Waals surface area contributed by atoms with Gasteiger partial charge in [-0.1, -0.05) is 55.2 Å². The van der Waals surface area contributed by atoms with Crippen LogP contribution in [0.2, 0.25) is 0 Å². The van der Waals surface area contributed by atoms with Crippen molar-refractivity contribution in [3.63, 3.8) is 0 Å². The first-order valence-electron chi connectivity index (χ1n) is 12.9. The van der Waals surface area contributed by atoms with Gasteiger partial charge in [0.2, 0.25) is 15.9 Å². The number of hydrogen-bond acceptors (Lipinski definition) is 5. The lowest BCUT2D eigenvalue weighted by Crippen LogP contribution is -2.55. The summed E-state index contributed by atoms with van der Waals surface area (Å²) in [5.41, 5.74) is 3.99. The minimum Gasteiger partial charge on any atom is -0.480 e. The monoisotopic (exact) mass is 542 g/mol. The molecule has 1 aliphatic rings. The summed E-state index contributed by atoms with van der Waals surface area (Å²) in [7, 11) is -3.57. The summed E-state index contributed by atoms with van der Waals surface area (Å²) in [4.78, 5) is 24.6. The zero-order valence-corrected chi connectivity index (χ0v) is 24.4. The molecule has 1 amide bonds. The number of aliphatic carboxylic acids is 1. The molecule has 0 aromatic rings. The standard InChI is InChI=1S/C27H46N2O5S2/c1-7-22(6)25(29-36(33,34)23-14-15-23)26(30)28-24(27(31)32)18-35-17-16-21(5)13-9-12-20(4)11-8-10-19(2)3/h10,12,16,22-25,29H,7-9,11,13-15,17-18H2,1-6H3,(H,28,30)(H,31,32). The van der Waals surface area contributed by atoms with E-state index in [0.29, 0.717) is 25.0 Å². The van der Waals surface area contributed by atoms with Crippen molar-refractivity contribution in [3.05, 3.63) is 34.9 Å². The Kier molecular flexibility index (Phi) is 14.7. The van der Waals surface area contributed by atoms with Crippen LogP contribution >= 0.6 is 11.8 Å². The number of carboxylic acid groups (broad SMARTS) is 1. The number of allylic oxidation sites excluding steroid dienone is 5. The van der Waals surface area contributed by atoms with Crippen LogP contribution in [-0.4, -0.2) is 54.2 Å². The zero-order chi connectivity index (χ0) is 27.3. The molecule has 0 radical (unpaired) electrons. The van der Waals surface area contributed by atoms with Crippen LogP contribution < -0.4 is 10.0 Å². The fraction of sp³-hybridized carbons (Fsp3) is 0.704. The second-order valence-corrected chi connectivity index (χ2v) is 13.2. The summed E-state index contributed by atoms with van der Waals surface area (Å²) in [6.45, 7) is 12.1. The lowest BCUT2D eigenvalue weighted by atomic mass is 9.99. The van der Waals surface area contributed by atoms with Crippen LogP contribution in [0.4, 0.5) is 0 Å². The molecule has 3 atom stereocenters. The molecule has 3 unspecified atom stereocenters. The Morgan fingerprint density at radius 3 is 2.14 bits per heavy atom. The lowest BCUT2D eigenvalue weighted by molar-refractivity contribution is -0.141. The van der Waals surface area contributed by atoms with Gasteiger partial charge in [-0.05, 0) is 72.1 Å². The highest BCUT2D eigenvalue weighted by molar-refractivity contribution is 7.99. The van der Waals surface area contributed by atoms with Crippen LogP contribution in [-0.2, 0) is 19.6 Å². The van der Waals surface area contributed by atoms with E-state index in [1.165, 1.54) is 28.5 Å². The summed E-state index contributed by atoms with van der Waals surface area (Å²) < 4.78 is 27.3. The third-order valence-electron chi connectivity index (χ3n) is 6.32. The van der Waals surface area contributed by atoms with E-state index < -0.39 is 39.2 Å². The Balaban J connectivity index is 2.54. The molecule has 0 aromatic heterocycles. The topological polar surface area (TPSA) is 113 Å². The number of carbonyl (C=O) groups excluding carboxylic acids is 1. The number of nitrogens with one attached hydrogen (secondary N) is 2. The van der Waals surface area contributed by atoms with Gasteiger partial charge in [0, 0.05) is 11.5 Å². The minimum absolute atomic E-state index is 0.205. The first kappa shape index (κ1) is 32.4. The van der Waals surface area contributed by atoms with Crippen LogP contribution in [0.3, 0.4) is 0 Å². The summed E-state index contributed by atoms with van der Waals surface area (Å²) in [6, 6.07) is -2.06. The van der Waals surface area contributed by atoms with E-state index in [0.717, 1.165) is 25.7 Å². The Hall–Kier alpha value is -1.58. The molecule has 36 heavy (non-hydrogen) atoms. The van der Waals surface area contributed by atoms with E-state index in [1.807, 2.05) is 6.92 Å². The second kappa shape index (κ2) is 16.3. The quantitative estimate of drug-likeness (QED) is 0.162. The van der Waals surface area contributed by atoms with Crippen molar-refractivity contribution in [3.8, 4) is 0 Å². The normalized spacial score (nSPS) is 17.3. The molecule has 0 aromatic carbocycles. The minimum atomic E-state index is -3.57. The fourth-order valence-corrected chi connectivity index (χ4v) is 6.12. The first-order valence-corrected chi connectivity index (χ1v) is 15.6. The second-order valence-electron chi connectivity index (χ2n) is 10.1. The zero-order valence-electron chi connectivity index (χ0n) is 22.8. The highest BCUT2D eigenvalue weighted by atomic mass is 32.2. The van der Waals surface area contributed by atoms with Gasteiger partial charge in [-0.2, -0.15) is 11.8 Å². The predicted molar refractivity (Wildman–Crippen MR) is 151 cm³/mol. The maximum Gasteiger partial charge on any atom is 0.327 e. The van der Waals surface area contributed by atoms with Gasteiger partial charge in [0.15, 0.2) is 0 Å². The Labute approximate surface area is 222 Å². The number of thioether (sulfide) groups is 1. The number of carboxylic acids is 1. The van der Waals surface area contributed by atoms with Gasteiger partial charge in [-0.25, -0.2) is 17.9 Å². The van der Waals surface area contributed by atoms with E-state index in [1.54, 1.807) is 6.92 Å². The Bertz CT molecular complexity index is 916. The van der Waals surface area contributed by atoms with Crippen molar-refractivity contribution in [2.75, 3.05) is 11.5 Å². The van der Waals surface area contributed by atoms with Crippen molar-refractivity contribution in [2.24, 2.45) is 5.92 Å². The maximum absolute atomic E-state index is 12.9. The van der Waals surface area contributed by atoms with E-state index in [-0.39, 0.29) is 11.7 Å². The van der Waals surface area contributed by atoms with Gasteiger partial charge >= 0.3 is 5.97 Å². The number of amides is 1. The molecular weight excluding hydrogens is 496 g/mol. The van der Waals surface area contributed by atoms with Crippen molar-refractivity contribution in [1.82, 2.24) is 10.0 Å². The number of carbonyl (C=O) groups is 2. The number of hydrogen-bond donors (Lipinski definition) is 3. The smallest absolute Gasteiger partial charge is 0.327 e. The number of rotatable bonds is 18. The summed E-state index contributed by atoms with van der Waals surface area (Å²) in [6.07, 6.45) is 12.5. The van der Waals surface area contributed by atoms with Gasteiger partial charge in [-0.15, -0.1) is 0 Å². The van der Waals surface area contributed by atoms with E-state index in [2.05, 4.69) is 56.0 Å². The molecule has 7 nitrogen and oxygen atoms in total. The lowest BCUT2D eigenvalue weighted by Gasteiger charge is -2.25. The molecule has 206 valence electrons. The van der Waals surface area contributed by atoms with Gasteiger partial charge in [0.25, 0.3) is 0 Å². The molecule has 1 rings (SSSR count). The van der Waals surface area contributed by atoms with Crippen molar-refractivity contribution in [2.45, 2.75) is 104 Å². The molecule has 0 aliphatic heterocycles. The summed E-state index contributed by atoms with van der Waals surface area (Å²) in [5.74, 6) is -1.11. The van der Waals surface area contributed by atoms with Crippen molar-refractivity contribution in [1.29, 1.82) is 0 Å². The van der Waals surface area contributed by atoms with E-state index in [9.17, 15) is 23.1 Å². The van der Waals surface area contributed by atoms with Crippen molar-refractivity contribution < 1.29 is 23.1 Å². The van der Waals surface area contributed by atoms with Crippen LogP contribution in [0.15, 0.2) is 34.9 Å². The van der Waals surface area contributed by atoms with Crippen LogP contribution in [0.1, 0.15) is 86.5 Å². The van der Waals surface area contributed by atoms with Crippen LogP contribution in [0.25, 0.3) is 0 Å². The number of sulfonamides is 1. The molecule has 3 N–H and O–H groups in total. The maximum atomic E-state index is 12.9. The predicted octanol–water partition coefficient (Wildman–Crippen LogP) is 5.20. The van der Waals surface area contributed by atoms with Gasteiger partial charge < -0.3 is 10.4 Å². The fourth-order valence-electron chi connectivity index (χ4n) is 3.48. The average molecular weight is 543 g/mol. The van der Waals surface area contributed by atoms with Gasteiger partial charge in [-0.3, -0.25) is 4.79 Å². The van der Waals surface area contributed by atoms with Crippen LogP contribution in [0, 0.1) is 5.92 Å². The molecule has 9 heteroatoms. The Morgan fingerprint density at radius 2 is 1.61 bits per heavy atom.